The van der Waals surface area contributed by atoms with Gasteiger partial charge in [0.15, 0.2) is 0 Å². The average Bonchev–Trinajstić information content (AvgIpc) is 3.26. The van der Waals surface area contributed by atoms with Crippen molar-refractivity contribution in [3.05, 3.63) is 66.6 Å². The fraction of sp³-hybridized carbons (Fsp3) is 0.318. The number of pyridine rings is 1. The lowest BCUT2D eigenvalue weighted by atomic mass is 9.97. The third-order valence-corrected chi connectivity index (χ3v) is 5.33. The molecule has 4 rings (SSSR count). The van der Waals surface area contributed by atoms with Crippen LogP contribution in [0.1, 0.15) is 36.0 Å². The maximum Gasteiger partial charge on any atom is 0.254 e. The SMILES string of the molecule is O=C(c1ccc(-c2ncccc2O)cc1)N1CCCC[C@H]1CCn1cccn1. The molecular weight excluding hydrogens is 352 g/mol. The molecule has 1 fully saturated rings. The smallest absolute Gasteiger partial charge is 0.254 e. The molecule has 0 bridgehead atoms. The molecule has 1 aromatic carbocycles. The summed E-state index contributed by atoms with van der Waals surface area (Å²) in [5, 5.41) is 14.2. The van der Waals surface area contributed by atoms with Gasteiger partial charge in [0, 0.05) is 48.8 Å². The summed E-state index contributed by atoms with van der Waals surface area (Å²) in [6.45, 7) is 1.62. The molecule has 6 nitrogen and oxygen atoms in total. The van der Waals surface area contributed by atoms with Gasteiger partial charge in [-0.05, 0) is 56.0 Å². The van der Waals surface area contributed by atoms with E-state index in [1.54, 1.807) is 24.5 Å². The largest absolute Gasteiger partial charge is 0.506 e. The maximum absolute atomic E-state index is 13.1. The summed E-state index contributed by atoms with van der Waals surface area (Å²) in [6.07, 6.45) is 9.53. The number of hydrogen-bond acceptors (Lipinski definition) is 4. The second kappa shape index (κ2) is 8.25. The second-order valence-electron chi connectivity index (χ2n) is 7.15. The van der Waals surface area contributed by atoms with Crippen LogP contribution in [0, 0.1) is 0 Å². The zero-order chi connectivity index (χ0) is 19.3. The van der Waals surface area contributed by atoms with Crippen molar-refractivity contribution in [1.82, 2.24) is 19.7 Å². The minimum Gasteiger partial charge on any atom is -0.506 e. The number of benzene rings is 1. The summed E-state index contributed by atoms with van der Waals surface area (Å²) >= 11 is 0. The summed E-state index contributed by atoms with van der Waals surface area (Å²) in [6, 6.07) is 12.8. The van der Waals surface area contributed by atoms with E-state index in [-0.39, 0.29) is 17.7 Å². The highest BCUT2D eigenvalue weighted by atomic mass is 16.3. The normalized spacial score (nSPS) is 16.9. The van der Waals surface area contributed by atoms with Gasteiger partial charge in [-0.3, -0.25) is 14.5 Å². The number of piperidine rings is 1. The Bertz CT molecular complexity index is 922. The number of aromatic nitrogens is 3. The molecule has 0 unspecified atom stereocenters. The summed E-state index contributed by atoms with van der Waals surface area (Å²) in [5.74, 6) is 0.207. The predicted octanol–water partition coefficient (Wildman–Crippen LogP) is 3.74. The topological polar surface area (TPSA) is 71.2 Å². The molecule has 3 heterocycles. The van der Waals surface area contributed by atoms with Crippen LogP contribution in [0.4, 0.5) is 0 Å². The van der Waals surface area contributed by atoms with E-state index in [0.717, 1.165) is 44.3 Å². The Morgan fingerprint density at radius 2 is 1.96 bits per heavy atom. The van der Waals surface area contributed by atoms with Crippen LogP contribution in [-0.2, 0) is 6.54 Å². The Morgan fingerprint density at radius 1 is 1.11 bits per heavy atom. The molecule has 1 atom stereocenters. The molecular formula is C22H24N4O2. The zero-order valence-electron chi connectivity index (χ0n) is 15.7. The van der Waals surface area contributed by atoms with Crippen molar-refractivity contribution >= 4 is 5.91 Å². The van der Waals surface area contributed by atoms with Gasteiger partial charge < -0.3 is 10.0 Å². The molecule has 28 heavy (non-hydrogen) atoms. The molecule has 1 saturated heterocycles. The lowest BCUT2D eigenvalue weighted by molar-refractivity contribution is 0.0594. The van der Waals surface area contributed by atoms with E-state index in [2.05, 4.69) is 10.1 Å². The van der Waals surface area contributed by atoms with Gasteiger partial charge in [-0.15, -0.1) is 0 Å². The Labute approximate surface area is 164 Å². The zero-order valence-corrected chi connectivity index (χ0v) is 15.7. The highest BCUT2D eigenvalue weighted by molar-refractivity contribution is 5.95. The third kappa shape index (κ3) is 3.91. The first-order valence-corrected chi connectivity index (χ1v) is 9.75. The lowest BCUT2D eigenvalue weighted by Crippen LogP contribution is -2.44. The van der Waals surface area contributed by atoms with Crippen molar-refractivity contribution in [1.29, 1.82) is 0 Å². The van der Waals surface area contributed by atoms with Gasteiger partial charge in [0.05, 0.1) is 0 Å². The molecule has 0 aliphatic carbocycles. The van der Waals surface area contributed by atoms with Gasteiger partial charge in [0.1, 0.15) is 11.4 Å². The quantitative estimate of drug-likeness (QED) is 0.736. The first kappa shape index (κ1) is 18.2. The molecule has 0 radical (unpaired) electrons. The standard InChI is InChI=1S/C22H24N4O2/c27-20-6-3-12-23-21(20)17-7-9-18(10-8-17)22(28)26-15-2-1-5-19(26)11-16-25-14-4-13-24-25/h3-4,6-10,12-14,19,27H,1-2,5,11,15-16H2/t19-/m0/s1. The van der Waals surface area contributed by atoms with E-state index in [4.69, 9.17) is 0 Å². The molecule has 3 aromatic rings. The maximum atomic E-state index is 13.1. The number of amides is 1. The number of hydrogen-bond donors (Lipinski definition) is 1. The lowest BCUT2D eigenvalue weighted by Gasteiger charge is -2.36. The molecule has 144 valence electrons. The summed E-state index contributed by atoms with van der Waals surface area (Å²) in [4.78, 5) is 19.4. The van der Waals surface area contributed by atoms with Gasteiger partial charge in [-0.1, -0.05) is 12.1 Å². The highest BCUT2D eigenvalue weighted by Crippen LogP contribution is 2.27. The van der Waals surface area contributed by atoms with Crippen LogP contribution < -0.4 is 0 Å². The molecule has 0 saturated carbocycles. The summed E-state index contributed by atoms with van der Waals surface area (Å²) < 4.78 is 1.92. The number of carbonyl (C=O) groups excluding carboxylic acids is 1. The van der Waals surface area contributed by atoms with Crippen LogP contribution >= 0.6 is 0 Å². The van der Waals surface area contributed by atoms with Gasteiger partial charge in [0.2, 0.25) is 0 Å². The fourth-order valence-corrected chi connectivity index (χ4v) is 3.84. The molecule has 1 aliphatic heterocycles. The van der Waals surface area contributed by atoms with Crippen LogP contribution in [-0.4, -0.2) is 43.3 Å². The monoisotopic (exact) mass is 376 g/mol. The van der Waals surface area contributed by atoms with Crippen molar-refractivity contribution in [3.8, 4) is 17.0 Å². The average molecular weight is 376 g/mol. The Morgan fingerprint density at radius 3 is 2.71 bits per heavy atom. The van der Waals surface area contributed by atoms with Crippen molar-refractivity contribution in [2.75, 3.05) is 6.54 Å². The molecule has 2 aromatic heterocycles. The van der Waals surface area contributed by atoms with E-state index < -0.39 is 0 Å². The van der Waals surface area contributed by atoms with E-state index in [0.29, 0.717) is 11.3 Å². The third-order valence-electron chi connectivity index (χ3n) is 5.33. The minimum atomic E-state index is 0.0713. The molecule has 0 spiro atoms. The van der Waals surface area contributed by atoms with Gasteiger partial charge in [-0.25, -0.2) is 0 Å². The first-order chi connectivity index (χ1) is 13.7. The minimum absolute atomic E-state index is 0.0713. The van der Waals surface area contributed by atoms with Gasteiger partial charge in [0.25, 0.3) is 5.91 Å². The van der Waals surface area contributed by atoms with Crippen LogP contribution in [0.2, 0.25) is 0 Å². The number of aromatic hydroxyl groups is 1. The number of rotatable bonds is 5. The van der Waals surface area contributed by atoms with E-state index >= 15 is 0 Å². The van der Waals surface area contributed by atoms with Crippen LogP contribution in [0.3, 0.4) is 0 Å². The van der Waals surface area contributed by atoms with E-state index in [1.165, 1.54) is 0 Å². The number of aryl methyl sites for hydroxylation is 1. The number of nitrogens with zero attached hydrogens (tertiary/aromatic N) is 4. The fourth-order valence-electron chi connectivity index (χ4n) is 3.84. The predicted molar refractivity (Wildman–Crippen MR) is 107 cm³/mol. The van der Waals surface area contributed by atoms with Crippen LogP contribution in [0.5, 0.6) is 5.75 Å². The van der Waals surface area contributed by atoms with Gasteiger partial charge >= 0.3 is 0 Å². The Balaban J connectivity index is 1.48. The molecule has 1 amide bonds. The first-order valence-electron chi connectivity index (χ1n) is 9.75. The van der Waals surface area contributed by atoms with Gasteiger partial charge in [-0.2, -0.15) is 5.10 Å². The van der Waals surface area contributed by atoms with Crippen molar-refractivity contribution in [3.63, 3.8) is 0 Å². The van der Waals surface area contributed by atoms with Crippen molar-refractivity contribution in [2.24, 2.45) is 0 Å². The summed E-state index contributed by atoms with van der Waals surface area (Å²) in [7, 11) is 0. The van der Waals surface area contributed by atoms with Crippen molar-refractivity contribution in [2.45, 2.75) is 38.3 Å². The van der Waals surface area contributed by atoms with E-state index in [1.807, 2.05) is 46.1 Å². The molecule has 1 N–H and O–H groups in total. The Hall–Kier alpha value is -3.15. The number of likely N-dealkylation sites (tertiary alicyclic amines) is 1. The van der Waals surface area contributed by atoms with E-state index in [9.17, 15) is 9.90 Å². The highest BCUT2D eigenvalue weighted by Gasteiger charge is 2.27. The molecule has 6 heteroatoms. The summed E-state index contributed by atoms with van der Waals surface area (Å²) in [5.41, 5.74) is 1.99. The van der Waals surface area contributed by atoms with Crippen LogP contribution in [0.25, 0.3) is 11.3 Å². The number of carbonyl (C=O) groups is 1. The van der Waals surface area contributed by atoms with Crippen LogP contribution in [0.15, 0.2) is 61.1 Å². The Kier molecular flexibility index (Phi) is 5.37. The second-order valence-corrected chi connectivity index (χ2v) is 7.15. The van der Waals surface area contributed by atoms with Crippen molar-refractivity contribution < 1.29 is 9.90 Å². The molecule has 1 aliphatic rings.